The third kappa shape index (κ3) is 3.49. The Kier molecular flexibility index (Phi) is 4.56. The molecule has 2 nitrogen and oxygen atoms in total. The van der Waals surface area contributed by atoms with Crippen molar-refractivity contribution in [3.05, 3.63) is 11.6 Å². The molecule has 17 heavy (non-hydrogen) atoms. The fourth-order valence-corrected chi connectivity index (χ4v) is 4.23. The van der Waals surface area contributed by atoms with Gasteiger partial charge in [0.15, 0.2) is 0 Å². The number of thioether (sulfide) groups is 1. The second-order valence-electron chi connectivity index (χ2n) is 5.77. The van der Waals surface area contributed by atoms with Crippen LogP contribution < -0.4 is 5.32 Å². The minimum absolute atomic E-state index is 0.444. The van der Waals surface area contributed by atoms with E-state index in [1.807, 2.05) is 11.8 Å². The summed E-state index contributed by atoms with van der Waals surface area (Å²) >= 11 is 1.87. The Morgan fingerprint density at radius 1 is 1.59 bits per heavy atom. The SMILES string of the molecule is CC1=CCC[C@H](C)[C@H]1CNC[C@@]1(O)CCSC1. The maximum atomic E-state index is 10.3. The van der Waals surface area contributed by atoms with Crippen LogP contribution in [0.2, 0.25) is 0 Å². The van der Waals surface area contributed by atoms with Crippen LogP contribution in [0.3, 0.4) is 0 Å². The lowest BCUT2D eigenvalue weighted by atomic mass is 9.80. The fraction of sp³-hybridized carbons (Fsp3) is 0.857. The van der Waals surface area contributed by atoms with Crippen molar-refractivity contribution in [3.8, 4) is 0 Å². The van der Waals surface area contributed by atoms with E-state index >= 15 is 0 Å². The van der Waals surface area contributed by atoms with Gasteiger partial charge in [0, 0.05) is 18.8 Å². The van der Waals surface area contributed by atoms with E-state index < -0.39 is 5.60 Å². The zero-order chi connectivity index (χ0) is 12.3. The molecule has 98 valence electrons. The average Bonchev–Trinajstić information content (AvgIpc) is 2.70. The Labute approximate surface area is 109 Å². The second kappa shape index (κ2) is 5.77. The molecule has 0 amide bonds. The summed E-state index contributed by atoms with van der Waals surface area (Å²) in [5.74, 6) is 3.45. The summed E-state index contributed by atoms with van der Waals surface area (Å²) in [6.45, 7) is 6.39. The van der Waals surface area contributed by atoms with Gasteiger partial charge < -0.3 is 10.4 Å². The summed E-state index contributed by atoms with van der Waals surface area (Å²) in [5, 5.41) is 13.7. The first kappa shape index (κ1) is 13.4. The molecule has 3 atom stereocenters. The molecule has 0 aromatic heterocycles. The summed E-state index contributed by atoms with van der Waals surface area (Å²) < 4.78 is 0. The molecule has 1 aliphatic carbocycles. The Hall–Kier alpha value is 0.0100. The smallest absolute Gasteiger partial charge is 0.0869 e. The van der Waals surface area contributed by atoms with E-state index in [2.05, 4.69) is 25.2 Å². The van der Waals surface area contributed by atoms with Crippen molar-refractivity contribution in [1.82, 2.24) is 5.32 Å². The molecule has 0 aromatic carbocycles. The van der Waals surface area contributed by atoms with Gasteiger partial charge in [0.1, 0.15) is 0 Å². The summed E-state index contributed by atoms with van der Waals surface area (Å²) in [5.41, 5.74) is 1.09. The Bertz CT molecular complexity index is 284. The van der Waals surface area contributed by atoms with Crippen LogP contribution in [0.15, 0.2) is 11.6 Å². The topological polar surface area (TPSA) is 32.3 Å². The maximum absolute atomic E-state index is 10.3. The first-order chi connectivity index (χ1) is 8.11. The van der Waals surface area contributed by atoms with Gasteiger partial charge in [-0.2, -0.15) is 11.8 Å². The maximum Gasteiger partial charge on any atom is 0.0869 e. The zero-order valence-electron chi connectivity index (χ0n) is 11.0. The summed E-state index contributed by atoms with van der Waals surface area (Å²) in [4.78, 5) is 0. The number of allylic oxidation sites excluding steroid dienone is 1. The first-order valence-electron chi connectivity index (χ1n) is 6.78. The first-order valence-corrected chi connectivity index (χ1v) is 7.94. The fourth-order valence-electron chi connectivity index (χ4n) is 2.93. The number of aliphatic hydroxyl groups is 1. The minimum atomic E-state index is -0.444. The van der Waals surface area contributed by atoms with Crippen molar-refractivity contribution >= 4 is 11.8 Å². The van der Waals surface area contributed by atoms with Gasteiger partial charge >= 0.3 is 0 Å². The van der Waals surface area contributed by atoms with Gasteiger partial charge in [-0.3, -0.25) is 0 Å². The highest BCUT2D eigenvalue weighted by atomic mass is 32.2. The quantitative estimate of drug-likeness (QED) is 0.757. The second-order valence-corrected chi connectivity index (χ2v) is 6.87. The molecule has 1 heterocycles. The molecule has 2 N–H and O–H groups in total. The molecule has 0 unspecified atom stereocenters. The summed E-state index contributed by atoms with van der Waals surface area (Å²) in [6, 6.07) is 0. The van der Waals surface area contributed by atoms with Crippen LogP contribution in [0.4, 0.5) is 0 Å². The molecule has 2 rings (SSSR count). The van der Waals surface area contributed by atoms with Crippen molar-refractivity contribution in [2.45, 2.75) is 38.7 Å². The van der Waals surface area contributed by atoms with Crippen LogP contribution >= 0.6 is 11.8 Å². The van der Waals surface area contributed by atoms with Crippen LogP contribution in [0, 0.1) is 11.8 Å². The summed E-state index contributed by atoms with van der Waals surface area (Å²) in [6.07, 6.45) is 5.88. The number of hydrogen-bond acceptors (Lipinski definition) is 3. The lowest BCUT2D eigenvalue weighted by molar-refractivity contribution is 0.0663. The van der Waals surface area contributed by atoms with Crippen LogP contribution in [-0.2, 0) is 0 Å². The third-order valence-corrected chi connectivity index (χ3v) is 5.50. The molecule has 2 aliphatic rings. The Morgan fingerprint density at radius 2 is 2.41 bits per heavy atom. The lowest BCUT2D eigenvalue weighted by Crippen LogP contribution is -2.43. The lowest BCUT2D eigenvalue weighted by Gasteiger charge is -2.30. The Balaban J connectivity index is 1.77. The van der Waals surface area contributed by atoms with Gasteiger partial charge in [-0.05, 0) is 43.8 Å². The highest BCUT2D eigenvalue weighted by molar-refractivity contribution is 7.99. The predicted molar refractivity (Wildman–Crippen MR) is 75.4 cm³/mol. The molecular weight excluding hydrogens is 230 g/mol. The highest BCUT2D eigenvalue weighted by Crippen LogP contribution is 2.30. The van der Waals surface area contributed by atoms with E-state index in [0.717, 1.165) is 36.9 Å². The van der Waals surface area contributed by atoms with Gasteiger partial charge in [0.25, 0.3) is 0 Å². The zero-order valence-corrected chi connectivity index (χ0v) is 11.9. The van der Waals surface area contributed by atoms with Crippen LogP contribution in [0.25, 0.3) is 0 Å². The molecule has 1 saturated heterocycles. The molecule has 3 heteroatoms. The van der Waals surface area contributed by atoms with Crippen molar-refractivity contribution in [2.24, 2.45) is 11.8 Å². The van der Waals surface area contributed by atoms with E-state index in [4.69, 9.17) is 0 Å². The van der Waals surface area contributed by atoms with E-state index in [9.17, 15) is 5.11 Å². The highest BCUT2D eigenvalue weighted by Gasteiger charge is 2.31. The number of hydrogen-bond donors (Lipinski definition) is 2. The van der Waals surface area contributed by atoms with Crippen molar-refractivity contribution in [2.75, 3.05) is 24.6 Å². The van der Waals surface area contributed by atoms with Crippen molar-refractivity contribution < 1.29 is 5.11 Å². The number of nitrogens with one attached hydrogen (secondary N) is 1. The van der Waals surface area contributed by atoms with Gasteiger partial charge in [0.2, 0.25) is 0 Å². The van der Waals surface area contributed by atoms with Crippen LogP contribution in [0.5, 0.6) is 0 Å². The predicted octanol–water partition coefficient (Wildman–Crippen LogP) is 2.44. The molecule has 0 aromatic rings. The van der Waals surface area contributed by atoms with Crippen LogP contribution in [0.1, 0.15) is 33.1 Å². The molecule has 1 aliphatic heterocycles. The van der Waals surface area contributed by atoms with Gasteiger partial charge in [-0.15, -0.1) is 0 Å². The molecular formula is C14H25NOS. The van der Waals surface area contributed by atoms with Crippen molar-refractivity contribution in [1.29, 1.82) is 0 Å². The molecule has 0 radical (unpaired) electrons. The third-order valence-electron chi connectivity index (χ3n) is 4.26. The standard InChI is InChI=1S/C14H25NOS/c1-11-4-3-5-12(2)13(11)8-15-9-14(16)6-7-17-10-14/h4,12-13,15-16H,3,5-10H2,1-2H3/t12-,13-,14-/m0/s1. The van der Waals surface area contributed by atoms with Gasteiger partial charge in [-0.1, -0.05) is 18.6 Å². The molecule has 0 saturated carbocycles. The van der Waals surface area contributed by atoms with E-state index in [1.165, 1.54) is 18.4 Å². The van der Waals surface area contributed by atoms with Gasteiger partial charge in [0.05, 0.1) is 5.60 Å². The minimum Gasteiger partial charge on any atom is -0.388 e. The monoisotopic (exact) mass is 255 g/mol. The van der Waals surface area contributed by atoms with Crippen LogP contribution in [-0.4, -0.2) is 35.3 Å². The van der Waals surface area contributed by atoms with Crippen molar-refractivity contribution in [3.63, 3.8) is 0 Å². The molecule has 1 fully saturated rings. The summed E-state index contributed by atoms with van der Waals surface area (Å²) in [7, 11) is 0. The van der Waals surface area contributed by atoms with E-state index in [1.54, 1.807) is 0 Å². The van der Waals surface area contributed by atoms with E-state index in [-0.39, 0.29) is 0 Å². The van der Waals surface area contributed by atoms with Gasteiger partial charge in [-0.25, -0.2) is 0 Å². The number of rotatable bonds is 4. The van der Waals surface area contributed by atoms with E-state index in [0.29, 0.717) is 5.92 Å². The Morgan fingerprint density at radius 3 is 3.06 bits per heavy atom. The average molecular weight is 255 g/mol. The molecule has 0 spiro atoms. The normalized spacial score (nSPS) is 38.2. The molecule has 0 bridgehead atoms. The largest absolute Gasteiger partial charge is 0.388 e.